The molecule has 3 nitrogen and oxygen atoms in total. The lowest BCUT2D eigenvalue weighted by Gasteiger charge is -2.19. The zero-order chi connectivity index (χ0) is 17.3. The number of halogens is 2. The molecule has 0 aliphatic rings. The Morgan fingerprint density at radius 3 is 2.48 bits per heavy atom. The van der Waals surface area contributed by atoms with Gasteiger partial charge in [-0.1, -0.05) is 19.3 Å². The molecule has 0 unspecified atom stereocenters. The van der Waals surface area contributed by atoms with Gasteiger partial charge in [-0.05, 0) is 77.3 Å². The van der Waals surface area contributed by atoms with Gasteiger partial charge < -0.3 is 10.1 Å². The first-order chi connectivity index (χ1) is 10.8. The summed E-state index contributed by atoms with van der Waals surface area (Å²) in [6, 6.07) is 2.17. The predicted octanol–water partition coefficient (Wildman–Crippen LogP) is 6.84. The molecule has 0 aliphatic heterocycles. The third-order valence-corrected chi connectivity index (χ3v) is 6.73. The second-order valence-corrected chi connectivity index (χ2v) is 11.1. The monoisotopic (exact) mass is 485 g/mol. The van der Waals surface area contributed by atoms with Gasteiger partial charge in [0, 0.05) is 11.4 Å². The van der Waals surface area contributed by atoms with Gasteiger partial charge in [0.15, 0.2) is 0 Å². The Hall–Kier alpha value is 0.280. The van der Waals surface area contributed by atoms with Crippen molar-refractivity contribution >= 4 is 61.1 Å². The van der Waals surface area contributed by atoms with Crippen LogP contribution in [0.1, 0.15) is 52.9 Å². The topological polar surface area (TPSA) is 38.3 Å². The zero-order valence-electron chi connectivity index (χ0n) is 13.9. The van der Waals surface area contributed by atoms with Gasteiger partial charge in [0.05, 0.1) is 7.57 Å². The van der Waals surface area contributed by atoms with Crippen molar-refractivity contribution in [2.75, 3.05) is 12.3 Å². The Kier molecular flexibility index (Phi) is 10.2. The normalized spacial score (nSPS) is 11.5. The Morgan fingerprint density at radius 2 is 1.87 bits per heavy atom. The number of amides is 1. The molecule has 7 heteroatoms. The van der Waals surface area contributed by atoms with E-state index in [1.54, 1.807) is 11.3 Å². The quantitative estimate of drug-likeness (QED) is 0.306. The lowest BCUT2D eigenvalue weighted by molar-refractivity contribution is 0.0527. The van der Waals surface area contributed by atoms with E-state index in [0.717, 1.165) is 18.6 Å². The predicted molar refractivity (Wildman–Crippen MR) is 108 cm³/mol. The summed E-state index contributed by atoms with van der Waals surface area (Å²) in [5.74, 6) is 1.15. The van der Waals surface area contributed by atoms with Crippen molar-refractivity contribution < 1.29 is 9.53 Å². The van der Waals surface area contributed by atoms with Gasteiger partial charge in [-0.3, -0.25) is 0 Å². The Balaban J connectivity index is 1.94. The van der Waals surface area contributed by atoms with Crippen molar-refractivity contribution in [3.05, 3.63) is 13.6 Å². The highest BCUT2D eigenvalue weighted by atomic mass is 79.9. The number of unbranched alkanes of at least 4 members (excludes halogenated alkanes) is 4. The number of thiophene rings is 1. The minimum atomic E-state index is -0.422. The average molecular weight is 487 g/mol. The molecular formula is C16H25Br2NO2S2. The molecule has 23 heavy (non-hydrogen) atoms. The second kappa shape index (κ2) is 11.0. The molecule has 0 aromatic carbocycles. The van der Waals surface area contributed by atoms with Gasteiger partial charge in [-0.15, -0.1) is 23.1 Å². The van der Waals surface area contributed by atoms with Crippen molar-refractivity contribution in [3.8, 4) is 0 Å². The van der Waals surface area contributed by atoms with E-state index in [-0.39, 0.29) is 6.09 Å². The maximum absolute atomic E-state index is 11.5. The molecule has 1 aromatic heterocycles. The molecular weight excluding hydrogens is 462 g/mol. The molecule has 0 atom stereocenters. The molecule has 0 radical (unpaired) electrons. The first-order valence-corrected chi connectivity index (χ1v) is 11.2. The van der Waals surface area contributed by atoms with E-state index in [9.17, 15) is 4.79 Å². The van der Waals surface area contributed by atoms with E-state index < -0.39 is 5.60 Å². The van der Waals surface area contributed by atoms with Crippen LogP contribution < -0.4 is 5.32 Å². The first-order valence-electron chi connectivity index (χ1n) is 7.82. The van der Waals surface area contributed by atoms with Crippen LogP contribution in [0.15, 0.2) is 18.5 Å². The molecule has 1 rings (SSSR count). The molecule has 0 bridgehead atoms. The van der Waals surface area contributed by atoms with Crippen LogP contribution in [0.2, 0.25) is 0 Å². The summed E-state index contributed by atoms with van der Waals surface area (Å²) >= 11 is 10.7. The molecule has 0 spiro atoms. The van der Waals surface area contributed by atoms with Crippen LogP contribution in [0, 0.1) is 0 Å². The fraction of sp³-hybridized carbons (Fsp3) is 0.688. The first kappa shape index (κ1) is 21.3. The zero-order valence-corrected chi connectivity index (χ0v) is 18.7. The van der Waals surface area contributed by atoms with E-state index in [2.05, 4.69) is 43.2 Å². The van der Waals surface area contributed by atoms with Gasteiger partial charge >= 0.3 is 6.09 Å². The van der Waals surface area contributed by atoms with Gasteiger partial charge in [0.25, 0.3) is 0 Å². The van der Waals surface area contributed by atoms with Crippen molar-refractivity contribution in [2.45, 2.75) is 63.4 Å². The maximum Gasteiger partial charge on any atom is 0.407 e. The Morgan fingerprint density at radius 1 is 1.22 bits per heavy atom. The summed E-state index contributed by atoms with van der Waals surface area (Å²) in [5.41, 5.74) is -0.422. The van der Waals surface area contributed by atoms with Gasteiger partial charge in [0.1, 0.15) is 5.60 Å². The molecule has 1 N–H and O–H groups in total. The molecule has 0 fully saturated rings. The Bertz CT molecular complexity index is 487. The van der Waals surface area contributed by atoms with Crippen molar-refractivity contribution in [1.29, 1.82) is 0 Å². The van der Waals surface area contributed by atoms with E-state index in [1.807, 2.05) is 32.5 Å². The van der Waals surface area contributed by atoms with Crippen LogP contribution in [0.5, 0.6) is 0 Å². The summed E-state index contributed by atoms with van der Waals surface area (Å²) in [6.45, 7) is 6.31. The smallest absolute Gasteiger partial charge is 0.407 e. The highest BCUT2D eigenvalue weighted by Gasteiger charge is 2.15. The second-order valence-electron chi connectivity index (χ2n) is 6.23. The number of hydrogen-bond donors (Lipinski definition) is 1. The van der Waals surface area contributed by atoms with Gasteiger partial charge in [-0.25, -0.2) is 4.79 Å². The third kappa shape index (κ3) is 10.7. The molecule has 0 saturated heterocycles. The van der Waals surface area contributed by atoms with Crippen molar-refractivity contribution in [2.24, 2.45) is 0 Å². The van der Waals surface area contributed by atoms with Crippen LogP contribution in [-0.4, -0.2) is 24.0 Å². The summed E-state index contributed by atoms with van der Waals surface area (Å²) in [6.07, 6.45) is 5.52. The summed E-state index contributed by atoms with van der Waals surface area (Å²) in [5, 5.41) is 2.80. The number of hydrogen-bond acceptors (Lipinski definition) is 4. The Labute approximate surface area is 164 Å². The van der Waals surface area contributed by atoms with Crippen LogP contribution in [0.4, 0.5) is 4.79 Å². The molecule has 1 aromatic rings. The number of carbonyl (C=O) groups excluding carboxylic acids is 1. The highest BCUT2D eigenvalue weighted by molar-refractivity contribution is 9.12. The molecule has 0 aliphatic carbocycles. The van der Waals surface area contributed by atoms with Crippen LogP contribution in [0.25, 0.3) is 0 Å². The molecule has 0 saturated carbocycles. The van der Waals surface area contributed by atoms with E-state index in [0.29, 0.717) is 6.54 Å². The molecule has 1 amide bonds. The lowest BCUT2D eigenvalue weighted by atomic mass is 10.1. The molecule has 132 valence electrons. The minimum Gasteiger partial charge on any atom is -0.444 e. The number of ether oxygens (including phenoxy) is 1. The van der Waals surface area contributed by atoms with E-state index in [1.165, 1.54) is 31.7 Å². The van der Waals surface area contributed by atoms with Gasteiger partial charge in [-0.2, -0.15) is 0 Å². The average Bonchev–Trinajstić information content (AvgIpc) is 2.73. The minimum absolute atomic E-state index is 0.318. The van der Waals surface area contributed by atoms with Crippen LogP contribution in [0.3, 0.4) is 0 Å². The fourth-order valence-corrected chi connectivity index (χ4v) is 6.13. The summed E-state index contributed by atoms with van der Waals surface area (Å²) < 4.78 is 7.57. The lowest BCUT2D eigenvalue weighted by Crippen LogP contribution is -2.32. The highest BCUT2D eigenvalue weighted by Crippen LogP contribution is 2.38. The largest absolute Gasteiger partial charge is 0.444 e. The van der Waals surface area contributed by atoms with Crippen molar-refractivity contribution in [3.63, 3.8) is 0 Å². The number of nitrogens with one attached hydrogen (secondary N) is 1. The number of rotatable bonds is 9. The number of carbonyl (C=O) groups is 1. The van der Waals surface area contributed by atoms with E-state index >= 15 is 0 Å². The van der Waals surface area contributed by atoms with E-state index in [4.69, 9.17) is 4.74 Å². The van der Waals surface area contributed by atoms with Crippen LogP contribution in [-0.2, 0) is 4.74 Å². The number of alkyl carbamates (subject to hydrolysis) is 1. The summed E-state index contributed by atoms with van der Waals surface area (Å²) in [4.78, 5) is 12.8. The van der Waals surface area contributed by atoms with Gasteiger partial charge in [0.2, 0.25) is 0 Å². The SMILES string of the molecule is CC(C)(C)OC(=O)NCCCCCCCSc1cc(Br)sc1Br. The maximum atomic E-state index is 11.5. The number of thioether (sulfide) groups is 1. The molecule has 1 heterocycles. The standard InChI is InChI=1S/C16H25Br2NO2S2/c1-16(2,3)21-15(20)19-9-7-5-4-6-8-10-22-12-11-13(17)23-14(12)18/h11H,4-10H2,1-3H3,(H,19,20). The third-order valence-electron chi connectivity index (χ3n) is 2.87. The van der Waals surface area contributed by atoms with Crippen molar-refractivity contribution in [1.82, 2.24) is 5.32 Å². The summed E-state index contributed by atoms with van der Waals surface area (Å²) in [7, 11) is 0. The fourth-order valence-electron chi connectivity index (χ4n) is 1.87. The van der Waals surface area contributed by atoms with Crippen LogP contribution >= 0.6 is 55.0 Å².